The molecule has 2 amide bonds. The Bertz CT molecular complexity index is 901. The fraction of sp³-hybridized carbons (Fsp3) is 0.353. The van der Waals surface area contributed by atoms with Crippen LogP contribution in [0, 0.1) is 5.92 Å². The summed E-state index contributed by atoms with van der Waals surface area (Å²) in [6, 6.07) is 3.52. The van der Waals surface area contributed by atoms with E-state index in [1.165, 1.54) is 0 Å². The van der Waals surface area contributed by atoms with E-state index in [9.17, 15) is 9.90 Å². The third-order valence-electron chi connectivity index (χ3n) is 4.76. The van der Waals surface area contributed by atoms with E-state index in [0.29, 0.717) is 18.8 Å². The van der Waals surface area contributed by atoms with Gasteiger partial charge < -0.3 is 19.7 Å². The molecule has 0 aliphatic carbocycles. The summed E-state index contributed by atoms with van der Waals surface area (Å²) in [7, 11) is 1.86. The molecule has 4 rings (SSSR count). The average molecular weight is 340 g/mol. The van der Waals surface area contributed by atoms with E-state index in [0.717, 1.165) is 11.2 Å². The summed E-state index contributed by atoms with van der Waals surface area (Å²) in [4.78, 5) is 18.6. The standard InChI is InChI=1S/C17H20N6O2/c1-21-7-12(6-19-21)15-10-23(8-13(15)11-24)17(25)20-14-2-3-16-18-4-5-22(16)9-14/h2-7,9,13,15,24H,8,10-11H2,1H3,(H,20,25)/t13-,15-/m0/s1. The Hall–Kier alpha value is -2.87. The molecular weight excluding hydrogens is 320 g/mol. The molecule has 8 heteroatoms. The van der Waals surface area contributed by atoms with Gasteiger partial charge in [-0.2, -0.15) is 5.10 Å². The number of carbonyl (C=O) groups is 1. The molecule has 1 fully saturated rings. The van der Waals surface area contributed by atoms with Crippen molar-refractivity contribution in [1.82, 2.24) is 24.1 Å². The molecule has 0 saturated carbocycles. The largest absolute Gasteiger partial charge is 0.396 e. The topological polar surface area (TPSA) is 87.7 Å². The first-order valence-electron chi connectivity index (χ1n) is 8.22. The van der Waals surface area contributed by atoms with Gasteiger partial charge in [-0.25, -0.2) is 9.78 Å². The van der Waals surface area contributed by atoms with Gasteiger partial charge in [0.15, 0.2) is 0 Å². The normalized spacial score (nSPS) is 20.3. The maximum Gasteiger partial charge on any atom is 0.321 e. The van der Waals surface area contributed by atoms with Gasteiger partial charge in [0.25, 0.3) is 0 Å². The Morgan fingerprint density at radius 2 is 2.24 bits per heavy atom. The van der Waals surface area contributed by atoms with Crippen LogP contribution in [0.15, 0.2) is 43.1 Å². The number of carbonyl (C=O) groups excluding carboxylic acids is 1. The predicted octanol–water partition coefficient (Wildman–Crippen LogP) is 1.31. The van der Waals surface area contributed by atoms with Crippen molar-refractivity contribution in [2.45, 2.75) is 5.92 Å². The first kappa shape index (κ1) is 15.6. The monoisotopic (exact) mass is 340 g/mol. The molecule has 130 valence electrons. The minimum absolute atomic E-state index is 0.0195. The van der Waals surface area contributed by atoms with Gasteiger partial charge in [0.1, 0.15) is 5.65 Å². The Labute approximate surface area is 144 Å². The summed E-state index contributed by atoms with van der Waals surface area (Å²) in [6.07, 6.45) is 9.13. The second-order valence-electron chi connectivity index (χ2n) is 6.44. The van der Waals surface area contributed by atoms with Crippen molar-refractivity contribution < 1.29 is 9.90 Å². The number of hydrogen-bond acceptors (Lipinski definition) is 4. The van der Waals surface area contributed by atoms with Crippen LogP contribution in [0.2, 0.25) is 0 Å². The summed E-state index contributed by atoms with van der Waals surface area (Å²) in [5, 5.41) is 16.8. The molecule has 0 spiro atoms. The van der Waals surface area contributed by atoms with Crippen LogP contribution in [0.5, 0.6) is 0 Å². The van der Waals surface area contributed by atoms with Crippen LogP contribution in [-0.2, 0) is 7.05 Å². The van der Waals surface area contributed by atoms with Crippen molar-refractivity contribution >= 4 is 17.4 Å². The van der Waals surface area contributed by atoms with Crippen molar-refractivity contribution in [1.29, 1.82) is 0 Å². The van der Waals surface area contributed by atoms with Gasteiger partial charge in [-0.15, -0.1) is 0 Å². The number of anilines is 1. The zero-order chi connectivity index (χ0) is 17.4. The van der Waals surface area contributed by atoms with Crippen LogP contribution in [-0.4, -0.2) is 54.9 Å². The molecule has 3 aromatic heterocycles. The van der Waals surface area contributed by atoms with Gasteiger partial charge >= 0.3 is 6.03 Å². The number of nitrogens with one attached hydrogen (secondary N) is 1. The van der Waals surface area contributed by atoms with E-state index in [4.69, 9.17) is 0 Å². The molecule has 25 heavy (non-hydrogen) atoms. The molecule has 0 radical (unpaired) electrons. The lowest BCUT2D eigenvalue weighted by Crippen LogP contribution is -2.33. The van der Waals surface area contributed by atoms with Gasteiger partial charge in [0, 0.05) is 63.4 Å². The van der Waals surface area contributed by atoms with E-state index < -0.39 is 0 Å². The summed E-state index contributed by atoms with van der Waals surface area (Å²) in [5.41, 5.74) is 2.59. The summed E-state index contributed by atoms with van der Waals surface area (Å²) >= 11 is 0. The van der Waals surface area contributed by atoms with Crippen LogP contribution in [0.1, 0.15) is 11.5 Å². The number of aliphatic hydroxyl groups is 1. The number of amides is 2. The lowest BCUT2D eigenvalue weighted by atomic mass is 9.92. The van der Waals surface area contributed by atoms with Crippen LogP contribution in [0.4, 0.5) is 10.5 Å². The number of pyridine rings is 1. The van der Waals surface area contributed by atoms with Crippen LogP contribution in [0.3, 0.4) is 0 Å². The molecule has 2 N–H and O–H groups in total. The lowest BCUT2D eigenvalue weighted by Gasteiger charge is -2.17. The number of likely N-dealkylation sites (tertiary alicyclic amines) is 1. The highest BCUT2D eigenvalue weighted by atomic mass is 16.3. The first-order chi connectivity index (χ1) is 12.1. The lowest BCUT2D eigenvalue weighted by molar-refractivity contribution is 0.206. The highest BCUT2D eigenvalue weighted by Crippen LogP contribution is 2.32. The van der Waals surface area contributed by atoms with Gasteiger partial charge in [-0.3, -0.25) is 4.68 Å². The van der Waals surface area contributed by atoms with Crippen molar-refractivity contribution in [2.75, 3.05) is 25.0 Å². The second kappa shape index (κ2) is 6.21. The molecule has 3 aromatic rings. The number of nitrogens with zero attached hydrogens (tertiary/aromatic N) is 5. The van der Waals surface area contributed by atoms with Gasteiger partial charge in [0.2, 0.25) is 0 Å². The van der Waals surface area contributed by atoms with Crippen molar-refractivity contribution in [2.24, 2.45) is 13.0 Å². The number of imidazole rings is 1. The summed E-state index contributed by atoms with van der Waals surface area (Å²) in [5.74, 6) is 0.117. The molecule has 4 heterocycles. The number of aryl methyl sites for hydroxylation is 1. The number of fused-ring (bicyclic) bond motifs is 1. The van der Waals surface area contributed by atoms with Crippen molar-refractivity contribution in [3.8, 4) is 0 Å². The quantitative estimate of drug-likeness (QED) is 0.752. The van der Waals surface area contributed by atoms with Crippen LogP contribution >= 0.6 is 0 Å². The molecule has 0 unspecified atom stereocenters. The molecule has 2 atom stereocenters. The molecule has 1 aliphatic heterocycles. The molecule has 1 saturated heterocycles. The highest BCUT2D eigenvalue weighted by molar-refractivity contribution is 5.89. The van der Waals surface area contributed by atoms with Crippen molar-refractivity contribution in [3.05, 3.63) is 48.7 Å². The fourth-order valence-electron chi connectivity index (χ4n) is 3.43. The van der Waals surface area contributed by atoms with Gasteiger partial charge in [0.05, 0.1) is 11.9 Å². The highest BCUT2D eigenvalue weighted by Gasteiger charge is 2.36. The van der Waals surface area contributed by atoms with Gasteiger partial charge in [-0.05, 0) is 17.7 Å². The number of aliphatic hydroxyl groups excluding tert-OH is 1. The van der Waals surface area contributed by atoms with Crippen LogP contribution in [0.25, 0.3) is 5.65 Å². The molecular formula is C17H20N6O2. The number of urea groups is 1. The molecule has 1 aliphatic rings. The third-order valence-corrected chi connectivity index (χ3v) is 4.76. The van der Waals surface area contributed by atoms with E-state index in [-0.39, 0.29) is 24.5 Å². The number of aromatic nitrogens is 4. The molecule has 8 nitrogen and oxygen atoms in total. The maximum atomic E-state index is 12.6. The van der Waals surface area contributed by atoms with E-state index in [2.05, 4.69) is 15.4 Å². The molecule has 0 bridgehead atoms. The third kappa shape index (κ3) is 2.96. The Balaban J connectivity index is 1.48. The second-order valence-corrected chi connectivity index (χ2v) is 6.44. The predicted molar refractivity (Wildman–Crippen MR) is 92.3 cm³/mol. The maximum absolute atomic E-state index is 12.6. The number of hydrogen-bond donors (Lipinski definition) is 2. The summed E-state index contributed by atoms with van der Waals surface area (Å²) < 4.78 is 3.60. The van der Waals surface area contributed by atoms with E-state index >= 15 is 0 Å². The Kier molecular flexibility index (Phi) is 3.89. The molecule has 0 aromatic carbocycles. The average Bonchev–Trinajstić information content (AvgIpc) is 3.32. The van der Waals surface area contributed by atoms with Crippen molar-refractivity contribution in [3.63, 3.8) is 0 Å². The minimum Gasteiger partial charge on any atom is -0.396 e. The Morgan fingerprint density at radius 3 is 3.00 bits per heavy atom. The van der Waals surface area contributed by atoms with Crippen LogP contribution < -0.4 is 5.32 Å². The zero-order valence-electron chi connectivity index (χ0n) is 13.9. The smallest absolute Gasteiger partial charge is 0.321 e. The SMILES string of the molecule is Cn1cc([C@@H]2CN(C(=O)Nc3ccc4nccn4c3)C[C@H]2CO)cn1. The minimum atomic E-state index is -0.163. The zero-order valence-corrected chi connectivity index (χ0v) is 13.9. The summed E-state index contributed by atoms with van der Waals surface area (Å²) in [6.45, 7) is 1.13. The number of rotatable bonds is 3. The van der Waals surface area contributed by atoms with E-state index in [1.54, 1.807) is 15.8 Å². The Morgan fingerprint density at radius 1 is 1.36 bits per heavy atom. The first-order valence-corrected chi connectivity index (χ1v) is 8.22. The van der Waals surface area contributed by atoms with Gasteiger partial charge in [-0.1, -0.05) is 0 Å². The van der Waals surface area contributed by atoms with E-state index in [1.807, 2.05) is 48.4 Å². The fourth-order valence-corrected chi connectivity index (χ4v) is 3.43.